The molecule has 3 rings (SSSR count). The monoisotopic (exact) mass is 260 g/mol. The first-order valence-electron chi connectivity index (χ1n) is 6.38. The van der Waals surface area contributed by atoms with Gasteiger partial charge in [-0.1, -0.05) is 54.5 Å². The van der Waals surface area contributed by atoms with E-state index in [9.17, 15) is 9.90 Å². The molecule has 0 atom stereocenters. The average Bonchev–Trinajstić information content (AvgIpc) is 2.99. The Hall–Kier alpha value is -2.79. The minimum absolute atomic E-state index is 0.000858. The van der Waals surface area contributed by atoms with Crippen LogP contribution in [0.15, 0.2) is 60.2 Å². The van der Waals surface area contributed by atoms with Gasteiger partial charge < -0.3 is 5.11 Å². The van der Waals surface area contributed by atoms with Crippen molar-refractivity contribution in [2.75, 3.05) is 0 Å². The topological polar surface area (TPSA) is 37.3 Å². The highest BCUT2D eigenvalue weighted by atomic mass is 16.3. The van der Waals surface area contributed by atoms with Gasteiger partial charge in [-0.25, -0.2) is 0 Å². The molecule has 0 unspecified atom stereocenters. The zero-order valence-corrected chi connectivity index (χ0v) is 10.8. The largest absolute Gasteiger partial charge is 0.507 e. The second kappa shape index (κ2) is 5.07. The minimum atomic E-state index is -0.360. The van der Waals surface area contributed by atoms with Crippen molar-refractivity contribution in [3.05, 3.63) is 65.8 Å². The van der Waals surface area contributed by atoms with E-state index >= 15 is 0 Å². The quantitative estimate of drug-likeness (QED) is 0.483. The number of phenols is 1. The second-order valence-electron chi connectivity index (χ2n) is 4.59. The summed E-state index contributed by atoms with van der Waals surface area (Å²) in [6.07, 6.45) is 6.56. The fraction of sp³-hybridized carbons (Fsp3) is 0.0556. The van der Waals surface area contributed by atoms with E-state index in [1.165, 1.54) is 0 Å². The molecule has 0 spiro atoms. The predicted molar refractivity (Wildman–Crippen MR) is 79.6 cm³/mol. The number of hydrogen-bond acceptors (Lipinski definition) is 2. The van der Waals surface area contributed by atoms with E-state index in [-0.39, 0.29) is 17.1 Å². The zero-order chi connectivity index (χ0) is 13.9. The van der Waals surface area contributed by atoms with E-state index in [4.69, 9.17) is 0 Å². The maximum Gasteiger partial charge on any atom is 0.239 e. The molecule has 0 saturated heterocycles. The first-order valence-corrected chi connectivity index (χ1v) is 6.38. The highest BCUT2D eigenvalue weighted by Crippen LogP contribution is 2.28. The number of hydrogen-bond donors (Lipinski definition) is 1. The lowest BCUT2D eigenvalue weighted by molar-refractivity contribution is 0.105. The van der Waals surface area contributed by atoms with E-state index in [0.717, 1.165) is 17.4 Å². The van der Waals surface area contributed by atoms with E-state index in [1.807, 2.05) is 42.5 Å². The first kappa shape index (κ1) is 12.3. The van der Waals surface area contributed by atoms with Gasteiger partial charge in [0.25, 0.3) is 0 Å². The summed E-state index contributed by atoms with van der Waals surface area (Å²) >= 11 is 0. The summed E-state index contributed by atoms with van der Waals surface area (Å²) in [5.74, 6) is 5.07. The molecule has 2 nitrogen and oxygen atoms in total. The average molecular weight is 260 g/mol. The smallest absolute Gasteiger partial charge is 0.239 e. The summed E-state index contributed by atoms with van der Waals surface area (Å²) in [7, 11) is 0. The second-order valence-corrected chi connectivity index (χ2v) is 4.59. The SMILES string of the molecule is O=C(C#CC1=CC=CC1)c1ccc2ccccc2c1O. The number of phenolic OH excluding ortho intramolecular Hbond substituents is 1. The highest BCUT2D eigenvalue weighted by molar-refractivity contribution is 6.13. The molecule has 96 valence electrons. The van der Waals surface area contributed by atoms with Gasteiger partial charge in [0.2, 0.25) is 5.78 Å². The fourth-order valence-electron chi connectivity index (χ4n) is 2.18. The van der Waals surface area contributed by atoms with Crippen molar-refractivity contribution < 1.29 is 9.90 Å². The molecule has 0 amide bonds. The molecular weight excluding hydrogens is 248 g/mol. The van der Waals surface area contributed by atoms with Gasteiger partial charge in [-0.15, -0.1) is 0 Å². The number of ketones is 1. The Kier molecular flexibility index (Phi) is 3.10. The molecule has 1 N–H and O–H groups in total. The highest BCUT2D eigenvalue weighted by Gasteiger charge is 2.11. The molecule has 20 heavy (non-hydrogen) atoms. The standard InChI is InChI=1S/C18H12O2/c19-17(12-9-13-5-1-2-6-13)16-11-10-14-7-3-4-8-15(14)18(16)20/h1-5,7-8,10-11,20H,6H2. The zero-order valence-electron chi connectivity index (χ0n) is 10.8. The lowest BCUT2D eigenvalue weighted by Gasteiger charge is -2.04. The van der Waals surface area contributed by atoms with E-state index < -0.39 is 0 Å². The molecule has 1 aliphatic carbocycles. The summed E-state index contributed by atoms with van der Waals surface area (Å²) in [6.45, 7) is 0. The number of aromatic hydroxyl groups is 1. The van der Waals surface area contributed by atoms with Crippen molar-refractivity contribution in [2.24, 2.45) is 0 Å². The molecule has 0 aromatic heterocycles. The van der Waals surface area contributed by atoms with Crippen molar-refractivity contribution >= 4 is 16.6 Å². The number of allylic oxidation sites excluding steroid dienone is 4. The maximum absolute atomic E-state index is 12.1. The Morgan fingerprint density at radius 1 is 1.15 bits per heavy atom. The Morgan fingerprint density at radius 3 is 2.80 bits per heavy atom. The Labute approximate surface area is 117 Å². The molecule has 0 radical (unpaired) electrons. The van der Waals surface area contributed by atoms with Gasteiger partial charge in [-0.2, -0.15) is 0 Å². The van der Waals surface area contributed by atoms with E-state index in [0.29, 0.717) is 5.39 Å². The van der Waals surface area contributed by atoms with Crippen LogP contribution in [-0.2, 0) is 0 Å². The van der Waals surface area contributed by atoms with Crippen LogP contribution in [0.25, 0.3) is 10.8 Å². The number of rotatable bonds is 1. The Bertz CT molecular complexity index is 814. The lowest BCUT2D eigenvalue weighted by atomic mass is 10.0. The van der Waals surface area contributed by atoms with Gasteiger partial charge >= 0.3 is 0 Å². The van der Waals surface area contributed by atoms with Crippen LogP contribution in [0.2, 0.25) is 0 Å². The molecule has 0 fully saturated rings. The molecule has 0 aliphatic heterocycles. The summed E-state index contributed by atoms with van der Waals surface area (Å²) in [5.41, 5.74) is 1.17. The van der Waals surface area contributed by atoms with Crippen LogP contribution in [-0.4, -0.2) is 10.9 Å². The Balaban J connectivity index is 1.97. The van der Waals surface area contributed by atoms with Crippen molar-refractivity contribution in [2.45, 2.75) is 6.42 Å². The van der Waals surface area contributed by atoms with Crippen molar-refractivity contribution in [1.29, 1.82) is 0 Å². The number of carbonyl (C=O) groups is 1. The van der Waals surface area contributed by atoms with E-state index in [2.05, 4.69) is 11.8 Å². The van der Waals surface area contributed by atoms with Crippen LogP contribution >= 0.6 is 0 Å². The lowest BCUT2D eigenvalue weighted by Crippen LogP contribution is -1.96. The molecule has 0 bridgehead atoms. The van der Waals surface area contributed by atoms with E-state index in [1.54, 1.807) is 12.1 Å². The third-order valence-electron chi connectivity index (χ3n) is 3.25. The minimum Gasteiger partial charge on any atom is -0.507 e. The maximum atomic E-state index is 12.1. The molecule has 1 aliphatic rings. The van der Waals surface area contributed by atoms with Crippen LogP contribution in [0.3, 0.4) is 0 Å². The van der Waals surface area contributed by atoms with Gasteiger partial charge in [-0.05, 0) is 23.8 Å². The number of carbonyl (C=O) groups excluding carboxylic acids is 1. The van der Waals surface area contributed by atoms with Crippen molar-refractivity contribution in [3.63, 3.8) is 0 Å². The fourth-order valence-corrected chi connectivity index (χ4v) is 2.18. The number of benzene rings is 2. The summed E-state index contributed by atoms with van der Waals surface area (Å²) < 4.78 is 0. The van der Waals surface area contributed by atoms with Crippen molar-refractivity contribution in [3.8, 4) is 17.6 Å². The van der Waals surface area contributed by atoms with Gasteiger partial charge in [0.05, 0.1) is 5.56 Å². The summed E-state index contributed by atoms with van der Waals surface area (Å²) in [4.78, 5) is 12.1. The summed E-state index contributed by atoms with van der Waals surface area (Å²) in [6, 6.07) is 10.8. The molecule has 2 aromatic carbocycles. The number of Topliss-reactive ketones (excluding diaryl/α,β-unsaturated/α-hetero) is 1. The van der Waals surface area contributed by atoms with Gasteiger partial charge in [-0.3, -0.25) is 4.79 Å². The van der Waals surface area contributed by atoms with Crippen LogP contribution in [0, 0.1) is 11.8 Å². The van der Waals surface area contributed by atoms with Crippen molar-refractivity contribution in [1.82, 2.24) is 0 Å². The van der Waals surface area contributed by atoms with Gasteiger partial charge in [0.1, 0.15) is 5.75 Å². The summed E-state index contributed by atoms with van der Waals surface area (Å²) in [5, 5.41) is 11.8. The van der Waals surface area contributed by atoms with Crippen LogP contribution in [0.5, 0.6) is 5.75 Å². The van der Waals surface area contributed by atoms with Crippen LogP contribution < -0.4 is 0 Å². The van der Waals surface area contributed by atoms with Gasteiger partial charge in [0.15, 0.2) is 0 Å². The third kappa shape index (κ3) is 2.22. The van der Waals surface area contributed by atoms with Crippen LogP contribution in [0.1, 0.15) is 16.8 Å². The van der Waals surface area contributed by atoms with Gasteiger partial charge in [0, 0.05) is 11.0 Å². The Morgan fingerprint density at radius 2 is 2.00 bits per heavy atom. The first-order chi connectivity index (χ1) is 9.75. The molecule has 2 heteroatoms. The predicted octanol–water partition coefficient (Wildman–Crippen LogP) is 3.62. The third-order valence-corrected chi connectivity index (χ3v) is 3.25. The number of fused-ring (bicyclic) bond motifs is 1. The molecule has 2 aromatic rings. The molecule has 0 heterocycles. The molecule has 0 saturated carbocycles. The normalized spacial score (nSPS) is 12.9. The van der Waals surface area contributed by atoms with Crippen LogP contribution in [0.4, 0.5) is 0 Å². The molecular formula is C18H12O2.